The SMILES string of the molecule is COc1ccc(S(=O)(=O)N(CC(C)C)C[C@@H](O)[C@@H](N)Cc2ccc(OCc3ccccc3)cc2)cc1.COc1ccc(S(=O)(=O)N(CC(C)C)C[C@@H](O)[C@@H](N)Cc2ccc(OCc3ccccc3)cc2)cc1.CS(=O)(=O)O.CS(=O)(=O)O.O=C(Oc1ccc([N+](=O)[O-])cc1)OC1CO[C@H]2OCC[C@@H]12. The highest BCUT2D eigenvalue weighted by Gasteiger charge is 2.44. The van der Waals surface area contributed by atoms with Crippen LogP contribution >= 0.6 is 0 Å². The maximum Gasteiger partial charge on any atom is 0.514 e. The Balaban J connectivity index is 0.000000267. The van der Waals surface area contributed by atoms with Crippen LogP contribution in [0.1, 0.15) is 56.4 Å². The van der Waals surface area contributed by atoms with Crippen LogP contribution in [0.2, 0.25) is 0 Å². The highest BCUT2D eigenvalue weighted by atomic mass is 32.2. The quantitative estimate of drug-likeness (QED) is 0.00840. The van der Waals surface area contributed by atoms with Gasteiger partial charge in [0.15, 0.2) is 6.29 Å². The van der Waals surface area contributed by atoms with Crippen molar-refractivity contribution < 1.29 is 101 Å². The Labute approximate surface area is 603 Å². The van der Waals surface area contributed by atoms with E-state index < -0.39 is 75.7 Å². The molecular weight excluding hydrogens is 1420 g/mol. The second-order valence-corrected chi connectivity index (χ2v) is 31.5. The Morgan fingerprint density at radius 3 is 1.24 bits per heavy atom. The zero-order chi connectivity index (χ0) is 76.1. The minimum atomic E-state index is -3.81. The minimum Gasteiger partial charge on any atom is -0.497 e. The molecule has 9 rings (SSSR count). The summed E-state index contributed by atoms with van der Waals surface area (Å²) in [6.07, 6.45) is -0.608. The number of hydrogen-bond donors (Lipinski definition) is 6. The molecule has 2 heterocycles. The van der Waals surface area contributed by atoms with Gasteiger partial charge in [0.2, 0.25) is 20.0 Å². The zero-order valence-electron chi connectivity index (χ0n) is 58.5. The topological polar surface area (TPSA) is 410 Å². The lowest BCUT2D eigenvalue weighted by Gasteiger charge is -2.28. The number of rotatable bonds is 29. The third-order valence-corrected chi connectivity index (χ3v) is 18.8. The van der Waals surface area contributed by atoms with E-state index in [9.17, 15) is 58.8 Å². The largest absolute Gasteiger partial charge is 0.514 e. The first-order valence-electron chi connectivity index (χ1n) is 32.4. The second-order valence-electron chi connectivity index (χ2n) is 24.7. The van der Waals surface area contributed by atoms with Gasteiger partial charge in [-0.25, -0.2) is 21.6 Å². The number of benzene rings is 7. The molecule has 7 atom stereocenters. The first kappa shape index (κ1) is 85.5. The predicted octanol–water partition coefficient (Wildman–Crippen LogP) is 8.58. The second kappa shape index (κ2) is 41.3. The van der Waals surface area contributed by atoms with Crippen LogP contribution in [0, 0.1) is 27.9 Å². The molecule has 2 saturated heterocycles. The Kier molecular flexibility index (Phi) is 34.3. The molecule has 2 aliphatic heterocycles. The number of aliphatic hydroxyl groups is 2. The fourth-order valence-electron chi connectivity index (χ4n) is 10.0. The predicted molar refractivity (Wildman–Crippen MR) is 386 cm³/mol. The first-order chi connectivity index (χ1) is 48.5. The van der Waals surface area contributed by atoms with Crippen LogP contribution < -0.4 is 35.2 Å². The molecule has 0 aromatic heterocycles. The van der Waals surface area contributed by atoms with Crippen molar-refractivity contribution in [1.82, 2.24) is 8.61 Å². The Hall–Kier alpha value is -8.19. The number of nitro groups is 1. The number of fused-ring (bicyclic) bond motifs is 1. The number of sulfonamides is 2. The van der Waals surface area contributed by atoms with Crippen LogP contribution in [0.5, 0.6) is 28.7 Å². The molecule has 564 valence electrons. The molecule has 7 aromatic carbocycles. The van der Waals surface area contributed by atoms with Crippen molar-refractivity contribution in [2.24, 2.45) is 29.2 Å². The zero-order valence-corrected chi connectivity index (χ0v) is 61.7. The number of carbonyl (C=O) groups is 1. The highest BCUT2D eigenvalue weighted by Crippen LogP contribution is 2.34. The molecule has 103 heavy (non-hydrogen) atoms. The molecule has 0 aliphatic carbocycles. The minimum absolute atomic E-state index is 0.0365. The molecule has 28 nitrogen and oxygen atoms in total. The number of aliphatic hydroxyl groups excluding tert-OH is 2. The number of nitrogens with zero attached hydrogens (tertiary/aromatic N) is 3. The fraction of sp³-hybridized carbons (Fsp3) is 0.394. The van der Waals surface area contributed by atoms with Crippen molar-refractivity contribution >= 4 is 52.1 Å². The van der Waals surface area contributed by atoms with E-state index >= 15 is 0 Å². The molecular formula is C71H93N5O23S4. The average Bonchev–Trinajstić information content (AvgIpc) is 1.71. The number of nitro benzene ring substituents is 1. The maximum atomic E-state index is 13.3. The van der Waals surface area contributed by atoms with Crippen LogP contribution in [0.25, 0.3) is 0 Å². The van der Waals surface area contributed by atoms with Crippen LogP contribution in [0.4, 0.5) is 10.5 Å². The summed E-state index contributed by atoms with van der Waals surface area (Å²) in [4.78, 5) is 22.0. The van der Waals surface area contributed by atoms with E-state index in [1.54, 1.807) is 24.3 Å². The summed E-state index contributed by atoms with van der Waals surface area (Å²) in [7, 11) is -11.9. The van der Waals surface area contributed by atoms with Gasteiger partial charge in [-0.15, -0.1) is 0 Å². The Morgan fingerprint density at radius 1 is 0.534 bits per heavy atom. The normalized spacial score (nSPS) is 16.1. The number of methoxy groups -OCH3 is 2. The number of non-ortho nitro benzene ring substituents is 1. The number of carbonyl (C=O) groups excluding carboxylic acids is 1. The molecule has 0 amide bonds. The van der Waals surface area contributed by atoms with Gasteiger partial charge in [-0.05, 0) is 138 Å². The molecule has 0 saturated carbocycles. The lowest BCUT2D eigenvalue weighted by molar-refractivity contribution is -0.384. The monoisotopic (exact) mass is 1510 g/mol. The lowest BCUT2D eigenvalue weighted by Crippen LogP contribution is -2.47. The Bertz CT molecular complexity index is 3920. The van der Waals surface area contributed by atoms with Crippen LogP contribution in [-0.4, -0.2) is 175 Å². The lowest BCUT2D eigenvalue weighted by atomic mass is 10.0. The molecule has 7 aromatic rings. The van der Waals surface area contributed by atoms with E-state index in [1.165, 1.54) is 71.4 Å². The van der Waals surface area contributed by atoms with Gasteiger partial charge in [-0.3, -0.25) is 19.2 Å². The van der Waals surface area contributed by atoms with Crippen molar-refractivity contribution in [1.29, 1.82) is 0 Å². The third kappa shape index (κ3) is 31.4. The molecule has 2 aliphatic rings. The van der Waals surface area contributed by atoms with Crippen molar-refractivity contribution in [3.05, 3.63) is 214 Å². The number of ether oxygens (including phenoxy) is 8. The van der Waals surface area contributed by atoms with E-state index in [0.717, 1.165) is 40.2 Å². The van der Waals surface area contributed by atoms with E-state index in [-0.39, 0.29) is 84.2 Å². The molecule has 0 spiro atoms. The summed E-state index contributed by atoms with van der Waals surface area (Å²) in [6, 6.07) is 51.3. The number of nitrogens with two attached hydrogens (primary N) is 2. The smallest absolute Gasteiger partial charge is 0.497 e. The third-order valence-electron chi connectivity index (χ3n) is 15.1. The average molecular weight is 1510 g/mol. The van der Waals surface area contributed by atoms with Gasteiger partial charge in [0.1, 0.15) is 48.1 Å². The molecule has 2 fully saturated rings. The summed E-state index contributed by atoms with van der Waals surface area (Å²) < 4.78 is 150. The van der Waals surface area contributed by atoms with Crippen LogP contribution in [0.15, 0.2) is 192 Å². The van der Waals surface area contributed by atoms with E-state index in [2.05, 4.69) is 0 Å². The van der Waals surface area contributed by atoms with Crippen molar-refractivity contribution in [3.8, 4) is 28.7 Å². The van der Waals surface area contributed by atoms with Crippen molar-refractivity contribution in [3.63, 3.8) is 0 Å². The standard InChI is InChI=1S/2C28H36N2O5S.C13H13NO7.2CH4O3S/c2*1-21(2)18-30(36(32,33)26-15-13-24(34-3)14-16-26)19-28(31)27(29)17-22-9-11-25(12-10-22)35-20-23-7-5-4-6-8-23;15-13(20-9-3-1-8(2-4-9)14(16)17)21-11-7-19-12-10(11)5-6-18-12;2*1-5(2,3)4/h2*4-16,21,27-28,31H,17-20,29H2,1-3H3;1-4,10-12H,5-7H2;2*1H3,(H,2,3,4)/t2*27-,28+;10-,11?,12+;;/m000../s1. The summed E-state index contributed by atoms with van der Waals surface area (Å²) in [6.45, 7) is 9.93. The fourth-order valence-corrected chi connectivity index (χ4v) is 13.2. The van der Waals surface area contributed by atoms with Gasteiger partial charge < -0.3 is 59.6 Å². The van der Waals surface area contributed by atoms with Crippen LogP contribution in [0.3, 0.4) is 0 Å². The maximum absolute atomic E-state index is 13.3. The summed E-state index contributed by atoms with van der Waals surface area (Å²) in [5.74, 6) is 2.99. The van der Waals surface area contributed by atoms with Gasteiger partial charge in [0, 0.05) is 50.4 Å². The summed E-state index contributed by atoms with van der Waals surface area (Å²) in [5, 5.41) is 32.2. The summed E-state index contributed by atoms with van der Waals surface area (Å²) in [5.41, 5.74) is 16.6. The van der Waals surface area contributed by atoms with Gasteiger partial charge in [0.05, 0.1) is 72.8 Å². The highest BCUT2D eigenvalue weighted by molar-refractivity contribution is 7.89. The first-order valence-corrected chi connectivity index (χ1v) is 39.0. The van der Waals surface area contributed by atoms with Gasteiger partial charge in [-0.2, -0.15) is 25.4 Å². The van der Waals surface area contributed by atoms with Crippen molar-refractivity contribution in [2.75, 3.05) is 66.1 Å². The number of hydrogen-bond acceptors (Lipinski definition) is 23. The van der Waals surface area contributed by atoms with E-state index in [4.69, 9.17) is 58.5 Å². The van der Waals surface area contributed by atoms with E-state index in [1.807, 2.05) is 137 Å². The molecule has 32 heteroatoms. The Morgan fingerprint density at radius 2 is 0.893 bits per heavy atom. The van der Waals surface area contributed by atoms with Gasteiger partial charge in [0.25, 0.3) is 25.9 Å². The molecule has 0 radical (unpaired) electrons. The molecule has 0 bridgehead atoms. The summed E-state index contributed by atoms with van der Waals surface area (Å²) >= 11 is 0. The van der Waals surface area contributed by atoms with Gasteiger partial charge >= 0.3 is 6.16 Å². The molecule has 1 unspecified atom stereocenters. The van der Waals surface area contributed by atoms with E-state index in [0.29, 0.717) is 56.7 Å². The van der Waals surface area contributed by atoms with Crippen LogP contribution in [-0.2, 0) is 80.5 Å². The van der Waals surface area contributed by atoms with Crippen molar-refractivity contribution in [2.45, 2.75) is 107 Å². The molecule has 8 N–H and O–H groups in total. The van der Waals surface area contributed by atoms with Gasteiger partial charge in [-0.1, -0.05) is 113 Å².